The van der Waals surface area contributed by atoms with Gasteiger partial charge in [-0.3, -0.25) is 0 Å². The highest BCUT2D eigenvalue weighted by Gasteiger charge is 2.06. The monoisotopic (exact) mass is 291 g/mol. The van der Waals surface area contributed by atoms with E-state index in [1.807, 2.05) is 18.2 Å². The van der Waals surface area contributed by atoms with E-state index < -0.39 is 0 Å². The van der Waals surface area contributed by atoms with Crippen LogP contribution < -0.4 is 5.32 Å². The fraction of sp³-hybridized carbons (Fsp3) is 0.263. The zero-order valence-electron chi connectivity index (χ0n) is 12.9. The average molecular weight is 291 g/mol. The van der Waals surface area contributed by atoms with Crippen LogP contribution in [0, 0.1) is 0 Å². The van der Waals surface area contributed by atoms with E-state index in [2.05, 4.69) is 52.5 Å². The normalized spacial score (nSPS) is 10.8. The number of para-hydroxylation sites is 2. The molecular weight excluding hydrogens is 270 g/mol. The van der Waals surface area contributed by atoms with Crippen LogP contribution in [-0.2, 0) is 6.42 Å². The van der Waals surface area contributed by atoms with Gasteiger partial charge in [-0.25, -0.2) is 9.97 Å². The van der Waals surface area contributed by atoms with Gasteiger partial charge < -0.3 is 5.32 Å². The molecule has 3 nitrogen and oxygen atoms in total. The molecule has 0 aliphatic heterocycles. The second kappa shape index (κ2) is 7.03. The van der Waals surface area contributed by atoms with Crippen LogP contribution in [0.5, 0.6) is 0 Å². The topological polar surface area (TPSA) is 37.8 Å². The molecular formula is C19H21N3. The van der Waals surface area contributed by atoms with Gasteiger partial charge in [-0.05, 0) is 36.6 Å². The zero-order chi connectivity index (χ0) is 15.2. The molecule has 0 bridgehead atoms. The maximum absolute atomic E-state index is 4.42. The van der Waals surface area contributed by atoms with Crippen LogP contribution >= 0.6 is 0 Å². The molecule has 0 saturated heterocycles. The van der Waals surface area contributed by atoms with Crippen molar-refractivity contribution in [3.63, 3.8) is 0 Å². The molecule has 3 rings (SSSR count). The molecule has 1 N–H and O–H groups in total. The lowest BCUT2D eigenvalue weighted by Crippen LogP contribution is -1.99. The molecule has 3 heteroatoms. The maximum Gasteiger partial charge on any atom is 0.141 e. The number of benzene rings is 2. The van der Waals surface area contributed by atoms with Crippen LogP contribution in [0.15, 0.2) is 54.9 Å². The summed E-state index contributed by atoms with van der Waals surface area (Å²) >= 11 is 0. The quantitative estimate of drug-likeness (QED) is 0.642. The number of anilines is 2. The van der Waals surface area contributed by atoms with Crippen molar-refractivity contribution in [1.82, 2.24) is 9.97 Å². The molecule has 0 atom stereocenters. The number of nitrogens with zero attached hydrogens (tertiary/aromatic N) is 2. The first-order chi connectivity index (χ1) is 10.9. The summed E-state index contributed by atoms with van der Waals surface area (Å²) in [6.07, 6.45) is 6.45. The highest BCUT2D eigenvalue weighted by Crippen LogP contribution is 2.25. The van der Waals surface area contributed by atoms with Gasteiger partial charge in [0.1, 0.15) is 12.1 Å². The van der Waals surface area contributed by atoms with E-state index in [-0.39, 0.29) is 0 Å². The summed E-state index contributed by atoms with van der Waals surface area (Å²) in [4.78, 5) is 8.73. The summed E-state index contributed by atoms with van der Waals surface area (Å²) in [6, 6.07) is 16.6. The Bertz CT molecular complexity index is 747. The van der Waals surface area contributed by atoms with E-state index in [1.165, 1.54) is 24.8 Å². The van der Waals surface area contributed by atoms with Crippen LogP contribution in [0.2, 0.25) is 0 Å². The van der Waals surface area contributed by atoms with E-state index in [0.29, 0.717) is 0 Å². The van der Waals surface area contributed by atoms with Gasteiger partial charge in [0.05, 0.1) is 5.52 Å². The third-order valence-electron chi connectivity index (χ3n) is 3.86. The number of rotatable bonds is 6. The third kappa shape index (κ3) is 3.25. The van der Waals surface area contributed by atoms with E-state index in [0.717, 1.165) is 28.8 Å². The van der Waals surface area contributed by atoms with Gasteiger partial charge in [0.25, 0.3) is 0 Å². The predicted octanol–water partition coefficient (Wildman–Crippen LogP) is 5.11. The summed E-state index contributed by atoms with van der Waals surface area (Å²) < 4.78 is 0. The first-order valence-electron chi connectivity index (χ1n) is 7.93. The lowest BCUT2D eigenvalue weighted by molar-refractivity contribution is 0.718. The Morgan fingerprint density at radius 3 is 2.64 bits per heavy atom. The summed E-state index contributed by atoms with van der Waals surface area (Å²) in [5.41, 5.74) is 3.45. The molecule has 22 heavy (non-hydrogen) atoms. The van der Waals surface area contributed by atoms with Gasteiger partial charge in [0.2, 0.25) is 0 Å². The van der Waals surface area contributed by atoms with Crippen molar-refractivity contribution in [1.29, 1.82) is 0 Å². The SMILES string of the molecule is CCCCCc1ccccc1Nc1ncnc2ccccc12. The average Bonchev–Trinajstić information content (AvgIpc) is 2.57. The second-order valence-electron chi connectivity index (χ2n) is 5.48. The second-order valence-corrected chi connectivity index (χ2v) is 5.48. The highest BCUT2D eigenvalue weighted by molar-refractivity contribution is 5.90. The number of nitrogens with one attached hydrogen (secondary N) is 1. The van der Waals surface area contributed by atoms with Gasteiger partial charge >= 0.3 is 0 Å². The lowest BCUT2D eigenvalue weighted by atomic mass is 10.1. The Morgan fingerprint density at radius 2 is 1.73 bits per heavy atom. The molecule has 0 aliphatic carbocycles. The van der Waals surface area contributed by atoms with E-state index in [4.69, 9.17) is 0 Å². The summed E-state index contributed by atoms with van der Waals surface area (Å²) in [7, 11) is 0. The molecule has 0 unspecified atom stereocenters. The number of aryl methyl sites for hydroxylation is 1. The number of unbranched alkanes of at least 4 members (excludes halogenated alkanes) is 2. The third-order valence-corrected chi connectivity index (χ3v) is 3.86. The van der Waals surface area contributed by atoms with Crippen LogP contribution in [0.4, 0.5) is 11.5 Å². The first kappa shape index (κ1) is 14.5. The Balaban J connectivity index is 1.89. The fourth-order valence-corrected chi connectivity index (χ4v) is 2.66. The molecule has 1 aromatic heterocycles. The number of aromatic nitrogens is 2. The van der Waals surface area contributed by atoms with E-state index >= 15 is 0 Å². The minimum absolute atomic E-state index is 0.869. The molecule has 0 spiro atoms. The standard InChI is InChI=1S/C19H21N3/c1-2-3-4-9-15-10-5-7-12-17(15)22-19-16-11-6-8-13-18(16)20-14-21-19/h5-8,10-14H,2-4,9H2,1H3,(H,20,21,22). The zero-order valence-corrected chi connectivity index (χ0v) is 12.9. The smallest absolute Gasteiger partial charge is 0.141 e. The van der Waals surface area contributed by atoms with Crippen molar-refractivity contribution >= 4 is 22.4 Å². The Kier molecular flexibility index (Phi) is 4.64. The molecule has 3 aromatic rings. The van der Waals surface area contributed by atoms with Crippen molar-refractivity contribution in [2.45, 2.75) is 32.6 Å². The van der Waals surface area contributed by atoms with Crippen LogP contribution in [0.25, 0.3) is 10.9 Å². The molecule has 0 radical (unpaired) electrons. The molecule has 1 heterocycles. The predicted molar refractivity (Wildman–Crippen MR) is 92.5 cm³/mol. The van der Waals surface area contributed by atoms with Crippen LogP contribution in [-0.4, -0.2) is 9.97 Å². The van der Waals surface area contributed by atoms with E-state index in [9.17, 15) is 0 Å². The minimum atomic E-state index is 0.869. The molecule has 0 aliphatic rings. The largest absolute Gasteiger partial charge is 0.339 e. The number of fused-ring (bicyclic) bond motifs is 1. The summed E-state index contributed by atoms with van der Waals surface area (Å²) in [5, 5.41) is 4.54. The number of hydrogen-bond acceptors (Lipinski definition) is 3. The van der Waals surface area contributed by atoms with Gasteiger partial charge in [-0.15, -0.1) is 0 Å². The van der Waals surface area contributed by atoms with Gasteiger partial charge in [-0.2, -0.15) is 0 Å². The molecule has 0 saturated carbocycles. The van der Waals surface area contributed by atoms with Gasteiger partial charge in [0.15, 0.2) is 0 Å². The Hall–Kier alpha value is -2.42. The van der Waals surface area contributed by atoms with Gasteiger partial charge in [0, 0.05) is 11.1 Å². The molecule has 0 amide bonds. The molecule has 112 valence electrons. The van der Waals surface area contributed by atoms with Crippen molar-refractivity contribution in [2.24, 2.45) is 0 Å². The van der Waals surface area contributed by atoms with E-state index in [1.54, 1.807) is 6.33 Å². The summed E-state index contributed by atoms with van der Waals surface area (Å²) in [6.45, 7) is 2.23. The van der Waals surface area contributed by atoms with Crippen molar-refractivity contribution in [3.8, 4) is 0 Å². The van der Waals surface area contributed by atoms with Crippen molar-refractivity contribution < 1.29 is 0 Å². The minimum Gasteiger partial charge on any atom is -0.339 e. The number of hydrogen-bond donors (Lipinski definition) is 1. The Labute approximate surface area is 131 Å². The Morgan fingerprint density at radius 1 is 0.909 bits per heavy atom. The van der Waals surface area contributed by atoms with Crippen LogP contribution in [0.1, 0.15) is 31.7 Å². The molecule has 2 aromatic carbocycles. The van der Waals surface area contributed by atoms with Crippen molar-refractivity contribution in [2.75, 3.05) is 5.32 Å². The molecule has 0 fully saturated rings. The lowest BCUT2D eigenvalue weighted by Gasteiger charge is -2.12. The maximum atomic E-state index is 4.42. The van der Waals surface area contributed by atoms with Gasteiger partial charge in [-0.1, -0.05) is 50.1 Å². The van der Waals surface area contributed by atoms with Crippen molar-refractivity contribution in [3.05, 3.63) is 60.4 Å². The highest BCUT2D eigenvalue weighted by atomic mass is 15.0. The first-order valence-corrected chi connectivity index (χ1v) is 7.93. The van der Waals surface area contributed by atoms with Crippen LogP contribution in [0.3, 0.4) is 0 Å². The summed E-state index contributed by atoms with van der Waals surface area (Å²) in [5.74, 6) is 0.869. The fourth-order valence-electron chi connectivity index (χ4n) is 2.66.